The van der Waals surface area contributed by atoms with Gasteiger partial charge in [0.05, 0.1) is 11.7 Å². The van der Waals surface area contributed by atoms with Crippen molar-refractivity contribution in [3.05, 3.63) is 35.0 Å². The van der Waals surface area contributed by atoms with E-state index in [9.17, 15) is 8.78 Å². The normalized spacial score (nSPS) is 10.5. The van der Waals surface area contributed by atoms with Crippen LogP contribution in [0, 0.1) is 11.6 Å². The lowest BCUT2D eigenvalue weighted by atomic mass is 10.1. The molecular formula is C8H3ClF2N2S. The Hall–Kier alpha value is -1.07. The highest BCUT2D eigenvalue weighted by Gasteiger charge is 2.10. The van der Waals surface area contributed by atoms with Crippen LogP contribution in [0.1, 0.15) is 0 Å². The first-order valence-electron chi connectivity index (χ1n) is 3.61. The Morgan fingerprint density at radius 1 is 1.07 bits per heavy atom. The van der Waals surface area contributed by atoms with Gasteiger partial charge in [0.2, 0.25) is 0 Å². The van der Waals surface area contributed by atoms with Crippen LogP contribution in [0.2, 0.25) is 5.15 Å². The number of halogens is 3. The van der Waals surface area contributed by atoms with Gasteiger partial charge in [-0.3, -0.25) is 0 Å². The highest BCUT2D eigenvalue weighted by atomic mass is 35.5. The van der Waals surface area contributed by atoms with Crippen LogP contribution in [0.3, 0.4) is 0 Å². The van der Waals surface area contributed by atoms with Crippen LogP contribution in [0.15, 0.2) is 18.2 Å². The molecule has 0 aliphatic carbocycles. The maximum absolute atomic E-state index is 12.8. The van der Waals surface area contributed by atoms with Gasteiger partial charge in [-0.05, 0) is 12.1 Å². The molecule has 1 aromatic heterocycles. The Kier molecular flexibility index (Phi) is 2.43. The minimum atomic E-state index is -0.663. The molecule has 2 aromatic rings. The van der Waals surface area contributed by atoms with Crippen molar-refractivity contribution in [3.8, 4) is 11.3 Å². The summed E-state index contributed by atoms with van der Waals surface area (Å²) in [7, 11) is 0. The summed E-state index contributed by atoms with van der Waals surface area (Å²) in [5.41, 5.74) is 0.594. The van der Waals surface area contributed by atoms with Crippen LogP contribution in [0.4, 0.5) is 8.78 Å². The van der Waals surface area contributed by atoms with Gasteiger partial charge in [-0.15, -0.1) is 0 Å². The monoisotopic (exact) mass is 232 g/mol. The lowest BCUT2D eigenvalue weighted by molar-refractivity contribution is 0.584. The van der Waals surface area contributed by atoms with Crippen molar-refractivity contribution in [2.24, 2.45) is 0 Å². The molecule has 0 atom stereocenters. The van der Waals surface area contributed by atoms with Gasteiger partial charge in [0, 0.05) is 11.6 Å². The quantitative estimate of drug-likeness (QED) is 0.755. The fourth-order valence-electron chi connectivity index (χ4n) is 1.04. The highest BCUT2D eigenvalue weighted by molar-refractivity contribution is 6.99. The Balaban J connectivity index is 2.57. The number of benzene rings is 1. The summed E-state index contributed by atoms with van der Waals surface area (Å²) in [4.78, 5) is 0. The van der Waals surface area contributed by atoms with Gasteiger partial charge >= 0.3 is 0 Å². The molecule has 14 heavy (non-hydrogen) atoms. The van der Waals surface area contributed by atoms with Gasteiger partial charge in [-0.1, -0.05) is 11.6 Å². The van der Waals surface area contributed by atoms with Crippen molar-refractivity contribution >= 4 is 23.3 Å². The van der Waals surface area contributed by atoms with Crippen LogP contribution in [-0.4, -0.2) is 8.75 Å². The minimum Gasteiger partial charge on any atom is -0.207 e. The second-order valence-corrected chi connectivity index (χ2v) is 3.45. The zero-order chi connectivity index (χ0) is 10.1. The van der Waals surface area contributed by atoms with Gasteiger partial charge in [0.15, 0.2) is 5.15 Å². The lowest BCUT2D eigenvalue weighted by Crippen LogP contribution is -1.84. The van der Waals surface area contributed by atoms with Crippen molar-refractivity contribution in [1.29, 1.82) is 0 Å². The molecule has 0 saturated carbocycles. The van der Waals surface area contributed by atoms with Gasteiger partial charge in [-0.25, -0.2) is 8.78 Å². The van der Waals surface area contributed by atoms with Crippen molar-refractivity contribution < 1.29 is 8.78 Å². The Labute approximate surface area is 87.5 Å². The molecule has 2 nitrogen and oxygen atoms in total. The van der Waals surface area contributed by atoms with Crippen molar-refractivity contribution in [2.45, 2.75) is 0 Å². The molecule has 0 saturated heterocycles. The van der Waals surface area contributed by atoms with Crippen molar-refractivity contribution in [1.82, 2.24) is 8.75 Å². The van der Waals surface area contributed by atoms with E-state index in [2.05, 4.69) is 8.75 Å². The van der Waals surface area contributed by atoms with Crippen LogP contribution in [0.25, 0.3) is 11.3 Å². The Morgan fingerprint density at radius 3 is 2.21 bits per heavy atom. The molecule has 0 N–H and O–H groups in total. The molecule has 0 spiro atoms. The first kappa shape index (κ1) is 9.48. The largest absolute Gasteiger partial charge is 0.207 e. The number of nitrogens with zero attached hydrogens (tertiary/aromatic N) is 2. The molecule has 72 valence electrons. The van der Waals surface area contributed by atoms with E-state index in [0.29, 0.717) is 11.3 Å². The number of rotatable bonds is 1. The maximum atomic E-state index is 12.8. The zero-order valence-electron chi connectivity index (χ0n) is 6.67. The van der Waals surface area contributed by atoms with E-state index >= 15 is 0 Å². The van der Waals surface area contributed by atoms with Gasteiger partial charge < -0.3 is 0 Å². The molecule has 1 heterocycles. The van der Waals surface area contributed by atoms with E-state index in [4.69, 9.17) is 11.6 Å². The van der Waals surface area contributed by atoms with Crippen LogP contribution in [0.5, 0.6) is 0 Å². The second-order valence-electron chi connectivity index (χ2n) is 2.56. The highest BCUT2D eigenvalue weighted by Crippen LogP contribution is 2.26. The third kappa shape index (κ3) is 1.73. The van der Waals surface area contributed by atoms with E-state index in [1.54, 1.807) is 0 Å². The Morgan fingerprint density at radius 2 is 1.71 bits per heavy atom. The molecule has 0 amide bonds. The first-order chi connectivity index (χ1) is 6.66. The molecule has 0 bridgehead atoms. The summed E-state index contributed by atoms with van der Waals surface area (Å²) in [6.45, 7) is 0. The van der Waals surface area contributed by atoms with Gasteiger partial charge in [0.25, 0.3) is 0 Å². The summed E-state index contributed by atoms with van der Waals surface area (Å²) < 4.78 is 33.2. The summed E-state index contributed by atoms with van der Waals surface area (Å²) in [5.74, 6) is -1.33. The molecule has 0 aliphatic heterocycles. The summed E-state index contributed by atoms with van der Waals surface area (Å²) in [5, 5.41) is 0.153. The van der Waals surface area contributed by atoms with Crippen molar-refractivity contribution in [2.75, 3.05) is 0 Å². The number of aromatic nitrogens is 2. The molecule has 0 radical (unpaired) electrons. The van der Waals surface area contributed by atoms with Crippen LogP contribution >= 0.6 is 23.3 Å². The van der Waals surface area contributed by atoms with E-state index in [1.807, 2.05) is 0 Å². The molecule has 2 rings (SSSR count). The van der Waals surface area contributed by atoms with E-state index in [1.165, 1.54) is 0 Å². The van der Waals surface area contributed by atoms with E-state index in [0.717, 1.165) is 29.9 Å². The van der Waals surface area contributed by atoms with E-state index < -0.39 is 11.6 Å². The lowest BCUT2D eigenvalue weighted by Gasteiger charge is -1.97. The Bertz CT molecular complexity index is 452. The molecule has 0 unspecified atom stereocenters. The summed E-state index contributed by atoms with van der Waals surface area (Å²) in [6.07, 6.45) is 0. The zero-order valence-corrected chi connectivity index (χ0v) is 8.24. The van der Waals surface area contributed by atoms with Gasteiger partial charge in [0.1, 0.15) is 17.3 Å². The predicted octanol–water partition coefficient (Wildman–Crippen LogP) is 3.14. The first-order valence-corrected chi connectivity index (χ1v) is 4.72. The molecular weight excluding hydrogens is 230 g/mol. The van der Waals surface area contributed by atoms with Crippen LogP contribution < -0.4 is 0 Å². The van der Waals surface area contributed by atoms with Crippen molar-refractivity contribution in [3.63, 3.8) is 0 Å². The van der Waals surface area contributed by atoms with Crippen LogP contribution in [-0.2, 0) is 0 Å². The summed E-state index contributed by atoms with van der Waals surface area (Å²) >= 11 is 6.57. The minimum absolute atomic E-state index is 0.153. The number of hydrogen-bond donors (Lipinski definition) is 0. The summed E-state index contributed by atoms with van der Waals surface area (Å²) in [6, 6.07) is 3.11. The smallest absolute Gasteiger partial charge is 0.170 e. The fraction of sp³-hybridized carbons (Fsp3) is 0. The molecule has 6 heteroatoms. The van der Waals surface area contributed by atoms with E-state index in [-0.39, 0.29) is 5.15 Å². The topological polar surface area (TPSA) is 25.8 Å². The third-order valence-corrected chi connectivity index (χ3v) is 2.48. The molecule has 0 aliphatic rings. The van der Waals surface area contributed by atoms with Gasteiger partial charge in [-0.2, -0.15) is 8.75 Å². The molecule has 1 aromatic carbocycles. The number of hydrogen-bond acceptors (Lipinski definition) is 3. The predicted molar refractivity (Wildman–Crippen MR) is 50.3 cm³/mol. The SMILES string of the molecule is Fc1cc(F)cc(-c2nsnc2Cl)c1. The standard InChI is InChI=1S/C8H3ClF2N2S/c9-8-7(12-14-13-8)4-1-5(10)3-6(11)2-4/h1-3H. The average Bonchev–Trinajstić information content (AvgIpc) is 2.49. The fourth-order valence-corrected chi connectivity index (χ4v) is 1.81. The molecule has 0 fully saturated rings. The average molecular weight is 233 g/mol. The maximum Gasteiger partial charge on any atom is 0.170 e. The second kappa shape index (κ2) is 3.59. The third-order valence-electron chi connectivity index (χ3n) is 1.58.